The first-order valence-electron chi connectivity index (χ1n) is 8.65. The maximum Gasteiger partial charge on any atom is 0.255 e. The average molecular weight is 373 g/mol. The molecule has 0 radical (unpaired) electrons. The number of anilines is 2. The standard InChI is InChI=1S/C22H19N3OS/c1-25(2)16-13-11-15(12-14-16)21(26)23-18-8-4-3-7-17(18)22-24-19-9-5-6-10-20(19)27-22/h3-14H,1-2H3,(H,23,26). The topological polar surface area (TPSA) is 45.2 Å². The molecule has 0 fully saturated rings. The number of nitrogens with zero attached hydrogens (tertiary/aromatic N) is 2. The van der Waals surface area contributed by atoms with Crippen LogP contribution < -0.4 is 10.2 Å². The van der Waals surface area contributed by atoms with E-state index in [-0.39, 0.29) is 5.91 Å². The molecule has 5 heteroatoms. The zero-order valence-corrected chi connectivity index (χ0v) is 16.0. The Morgan fingerprint density at radius 1 is 0.926 bits per heavy atom. The van der Waals surface area contributed by atoms with Crippen molar-refractivity contribution in [2.75, 3.05) is 24.3 Å². The Labute approximate surface area is 162 Å². The van der Waals surface area contributed by atoms with Crippen LogP contribution in [-0.2, 0) is 0 Å². The third-order valence-electron chi connectivity index (χ3n) is 4.35. The van der Waals surface area contributed by atoms with Crippen molar-refractivity contribution in [1.82, 2.24) is 4.98 Å². The predicted octanol–water partition coefficient (Wildman–Crippen LogP) is 5.28. The number of hydrogen-bond donors (Lipinski definition) is 1. The summed E-state index contributed by atoms with van der Waals surface area (Å²) in [5, 5.41) is 3.93. The number of aromatic nitrogens is 1. The van der Waals surface area contributed by atoms with Crippen molar-refractivity contribution in [2.24, 2.45) is 0 Å². The molecule has 4 aromatic rings. The summed E-state index contributed by atoms with van der Waals surface area (Å²) < 4.78 is 1.13. The fourth-order valence-electron chi connectivity index (χ4n) is 2.87. The molecule has 4 rings (SSSR count). The summed E-state index contributed by atoms with van der Waals surface area (Å²) in [6.45, 7) is 0. The van der Waals surface area contributed by atoms with Crippen LogP contribution in [0, 0.1) is 0 Å². The first-order valence-corrected chi connectivity index (χ1v) is 9.47. The van der Waals surface area contributed by atoms with Gasteiger partial charge in [0.2, 0.25) is 0 Å². The number of nitrogens with one attached hydrogen (secondary N) is 1. The van der Waals surface area contributed by atoms with Crippen LogP contribution in [0.5, 0.6) is 0 Å². The Morgan fingerprint density at radius 3 is 2.37 bits per heavy atom. The van der Waals surface area contributed by atoms with Gasteiger partial charge in [-0.3, -0.25) is 4.79 Å². The molecule has 0 aliphatic carbocycles. The van der Waals surface area contributed by atoms with Gasteiger partial charge in [-0.1, -0.05) is 24.3 Å². The van der Waals surface area contributed by atoms with Gasteiger partial charge in [0.05, 0.1) is 15.9 Å². The van der Waals surface area contributed by atoms with Gasteiger partial charge in [-0.05, 0) is 48.5 Å². The lowest BCUT2D eigenvalue weighted by Crippen LogP contribution is -2.13. The Hall–Kier alpha value is -3.18. The van der Waals surface area contributed by atoms with Crippen molar-refractivity contribution >= 4 is 38.8 Å². The summed E-state index contributed by atoms with van der Waals surface area (Å²) in [6.07, 6.45) is 0. The molecule has 0 saturated carbocycles. The van der Waals surface area contributed by atoms with Gasteiger partial charge < -0.3 is 10.2 Å². The fourth-order valence-corrected chi connectivity index (χ4v) is 3.88. The number of carbonyl (C=O) groups is 1. The zero-order chi connectivity index (χ0) is 18.8. The molecule has 4 nitrogen and oxygen atoms in total. The van der Waals surface area contributed by atoms with Gasteiger partial charge in [-0.2, -0.15) is 0 Å². The van der Waals surface area contributed by atoms with Gasteiger partial charge >= 0.3 is 0 Å². The Morgan fingerprint density at radius 2 is 1.63 bits per heavy atom. The second kappa shape index (κ2) is 7.21. The highest BCUT2D eigenvalue weighted by Crippen LogP contribution is 2.34. The molecule has 1 heterocycles. The smallest absolute Gasteiger partial charge is 0.255 e. The molecule has 1 aromatic heterocycles. The molecule has 1 N–H and O–H groups in total. The van der Waals surface area contributed by atoms with E-state index >= 15 is 0 Å². The minimum atomic E-state index is -0.131. The van der Waals surface area contributed by atoms with Gasteiger partial charge in [0.15, 0.2) is 0 Å². The van der Waals surface area contributed by atoms with Crippen LogP contribution in [0.4, 0.5) is 11.4 Å². The quantitative estimate of drug-likeness (QED) is 0.529. The van der Waals surface area contributed by atoms with E-state index in [1.165, 1.54) is 0 Å². The minimum Gasteiger partial charge on any atom is -0.378 e. The van der Waals surface area contributed by atoms with Gasteiger partial charge in [-0.15, -0.1) is 11.3 Å². The summed E-state index contributed by atoms with van der Waals surface area (Å²) >= 11 is 1.62. The van der Waals surface area contributed by atoms with Crippen LogP contribution in [0.1, 0.15) is 10.4 Å². The first-order chi connectivity index (χ1) is 13.1. The summed E-state index contributed by atoms with van der Waals surface area (Å²) in [4.78, 5) is 19.4. The lowest BCUT2D eigenvalue weighted by Gasteiger charge is -2.13. The summed E-state index contributed by atoms with van der Waals surface area (Å²) in [5.74, 6) is -0.131. The number of thiazole rings is 1. The monoisotopic (exact) mass is 373 g/mol. The lowest BCUT2D eigenvalue weighted by atomic mass is 10.1. The molecule has 1 amide bonds. The van der Waals surface area contributed by atoms with E-state index in [2.05, 4.69) is 11.4 Å². The fraction of sp³-hybridized carbons (Fsp3) is 0.0909. The molecule has 134 valence electrons. The molecule has 0 aliphatic rings. The van der Waals surface area contributed by atoms with Crippen molar-refractivity contribution in [1.29, 1.82) is 0 Å². The summed E-state index contributed by atoms with van der Waals surface area (Å²) in [6, 6.07) is 23.4. The molecule has 0 spiro atoms. The number of para-hydroxylation sites is 2. The van der Waals surface area contributed by atoms with E-state index in [0.29, 0.717) is 5.56 Å². The van der Waals surface area contributed by atoms with Crippen LogP contribution in [0.25, 0.3) is 20.8 Å². The van der Waals surface area contributed by atoms with Crippen molar-refractivity contribution in [3.8, 4) is 10.6 Å². The highest BCUT2D eigenvalue weighted by Gasteiger charge is 2.13. The Bertz CT molecular complexity index is 1070. The molecule has 3 aromatic carbocycles. The highest BCUT2D eigenvalue weighted by molar-refractivity contribution is 7.21. The van der Waals surface area contributed by atoms with Crippen LogP contribution >= 0.6 is 11.3 Å². The lowest BCUT2D eigenvalue weighted by molar-refractivity contribution is 0.102. The maximum atomic E-state index is 12.7. The maximum absolute atomic E-state index is 12.7. The van der Waals surface area contributed by atoms with Crippen LogP contribution in [0.3, 0.4) is 0 Å². The number of carbonyl (C=O) groups excluding carboxylic acids is 1. The van der Waals surface area contributed by atoms with Crippen molar-refractivity contribution in [2.45, 2.75) is 0 Å². The largest absolute Gasteiger partial charge is 0.378 e. The van der Waals surface area contributed by atoms with Gasteiger partial charge in [-0.25, -0.2) is 4.98 Å². The normalized spacial score (nSPS) is 10.7. The molecular formula is C22H19N3OS. The number of rotatable bonds is 4. The molecule has 27 heavy (non-hydrogen) atoms. The molecule has 0 saturated heterocycles. The number of benzene rings is 3. The molecular weight excluding hydrogens is 354 g/mol. The molecule has 0 atom stereocenters. The first kappa shape index (κ1) is 17.2. The van der Waals surface area contributed by atoms with E-state index < -0.39 is 0 Å². The van der Waals surface area contributed by atoms with E-state index in [0.717, 1.165) is 32.2 Å². The number of amides is 1. The van der Waals surface area contributed by atoms with Crippen molar-refractivity contribution < 1.29 is 4.79 Å². The predicted molar refractivity (Wildman–Crippen MR) is 114 cm³/mol. The SMILES string of the molecule is CN(C)c1ccc(C(=O)Nc2ccccc2-c2nc3ccccc3s2)cc1. The third-order valence-corrected chi connectivity index (χ3v) is 5.42. The third kappa shape index (κ3) is 3.55. The van der Waals surface area contributed by atoms with Crippen molar-refractivity contribution in [3.63, 3.8) is 0 Å². The van der Waals surface area contributed by atoms with Gasteiger partial charge in [0.1, 0.15) is 5.01 Å². The Balaban J connectivity index is 1.64. The van der Waals surface area contributed by atoms with E-state index in [4.69, 9.17) is 4.98 Å². The molecule has 0 bridgehead atoms. The second-order valence-electron chi connectivity index (χ2n) is 6.43. The Kier molecular flexibility index (Phi) is 4.60. The van der Waals surface area contributed by atoms with E-state index in [1.807, 2.05) is 85.7 Å². The van der Waals surface area contributed by atoms with E-state index in [1.54, 1.807) is 11.3 Å². The van der Waals surface area contributed by atoms with Crippen molar-refractivity contribution in [3.05, 3.63) is 78.4 Å². The van der Waals surface area contributed by atoms with Crippen LogP contribution in [-0.4, -0.2) is 25.0 Å². The van der Waals surface area contributed by atoms with E-state index in [9.17, 15) is 4.79 Å². The molecule has 0 unspecified atom stereocenters. The highest BCUT2D eigenvalue weighted by atomic mass is 32.1. The van der Waals surface area contributed by atoms with Crippen LogP contribution in [0.15, 0.2) is 72.8 Å². The number of hydrogen-bond acceptors (Lipinski definition) is 4. The van der Waals surface area contributed by atoms with Crippen LogP contribution in [0.2, 0.25) is 0 Å². The summed E-state index contributed by atoms with van der Waals surface area (Å²) in [5.41, 5.74) is 4.34. The zero-order valence-electron chi connectivity index (χ0n) is 15.1. The molecule has 0 aliphatic heterocycles. The summed E-state index contributed by atoms with van der Waals surface area (Å²) in [7, 11) is 3.95. The average Bonchev–Trinajstić information content (AvgIpc) is 3.12. The minimum absolute atomic E-state index is 0.131. The van der Waals surface area contributed by atoms with Gasteiger partial charge in [0.25, 0.3) is 5.91 Å². The van der Waals surface area contributed by atoms with Gasteiger partial charge in [0, 0.05) is 30.9 Å². The second-order valence-corrected chi connectivity index (χ2v) is 7.46. The number of fused-ring (bicyclic) bond motifs is 1.